The van der Waals surface area contributed by atoms with Crippen LogP contribution in [0.1, 0.15) is 11.3 Å². The van der Waals surface area contributed by atoms with Crippen molar-refractivity contribution in [1.82, 2.24) is 9.47 Å². The van der Waals surface area contributed by atoms with Gasteiger partial charge in [-0.25, -0.2) is 0 Å². The van der Waals surface area contributed by atoms with Crippen LogP contribution >= 0.6 is 0 Å². The van der Waals surface area contributed by atoms with E-state index >= 15 is 0 Å². The number of aromatic hydroxyl groups is 1. The number of aliphatic hydroxyl groups excluding tert-OH is 1. The molecular weight excluding hydrogens is 292 g/mol. The van der Waals surface area contributed by atoms with E-state index in [0.29, 0.717) is 26.2 Å². The summed E-state index contributed by atoms with van der Waals surface area (Å²) < 4.78 is 1.79. The molecule has 1 heterocycles. The molecule has 0 spiro atoms. The van der Waals surface area contributed by atoms with Crippen LogP contribution in [0.3, 0.4) is 0 Å². The fraction of sp³-hybridized carbons (Fsp3) is 0.278. The zero-order valence-electron chi connectivity index (χ0n) is 13.1. The monoisotopic (exact) mass is 314 g/mol. The maximum absolute atomic E-state index is 11.7. The normalized spacial score (nSPS) is 10.9. The van der Waals surface area contributed by atoms with Gasteiger partial charge in [0.15, 0.2) is 5.75 Å². The molecule has 0 aliphatic carbocycles. The van der Waals surface area contributed by atoms with Crippen LogP contribution in [0.5, 0.6) is 5.75 Å². The van der Waals surface area contributed by atoms with Gasteiger partial charge in [0.2, 0.25) is 5.43 Å². The minimum absolute atomic E-state index is 0.0383. The summed E-state index contributed by atoms with van der Waals surface area (Å²) >= 11 is 0. The number of nitrogens with zero attached hydrogens (tertiary/aromatic N) is 2. The lowest BCUT2D eigenvalue weighted by Crippen LogP contribution is -2.28. The third-order valence-corrected chi connectivity index (χ3v) is 3.57. The average molecular weight is 314 g/mol. The highest BCUT2D eigenvalue weighted by Gasteiger charge is 2.11. The maximum atomic E-state index is 11.7. The minimum Gasteiger partial charge on any atom is -0.503 e. The van der Waals surface area contributed by atoms with Crippen LogP contribution in [0.25, 0.3) is 0 Å². The zero-order valence-corrected chi connectivity index (χ0v) is 13.1. The van der Waals surface area contributed by atoms with E-state index < -0.39 is 5.43 Å². The Hall–Kier alpha value is -2.37. The van der Waals surface area contributed by atoms with Gasteiger partial charge in [-0.05, 0) is 5.56 Å². The van der Waals surface area contributed by atoms with Gasteiger partial charge in [-0.3, -0.25) is 9.69 Å². The van der Waals surface area contributed by atoms with Gasteiger partial charge in [0.1, 0.15) is 0 Å². The van der Waals surface area contributed by atoms with Crippen molar-refractivity contribution in [1.29, 1.82) is 0 Å². The highest BCUT2D eigenvalue weighted by molar-refractivity contribution is 5.21. The first-order valence-electron chi connectivity index (χ1n) is 7.54. The number of rotatable bonds is 8. The lowest BCUT2D eigenvalue weighted by molar-refractivity contribution is 0.181. The number of hydrogen-bond acceptors (Lipinski definition) is 4. The van der Waals surface area contributed by atoms with E-state index in [4.69, 9.17) is 0 Å². The Morgan fingerprint density at radius 1 is 1.22 bits per heavy atom. The lowest BCUT2D eigenvalue weighted by Gasteiger charge is -2.23. The van der Waals surface area contributed by atoms with Crippen LogP contribution in [0.2, 0.25) is 0 Å². The zero-order chi connectivity index (χ0) is 16.7. The Kier molecular flexibility index (Phi) is 6.14. The average Bonchev–Trinajstić information content (AvgIpc) is 2.53. The van der Waals surface area contributed by atoms with Gasteiger partial charge >= 0.3 is 0 Å². The molecule has 1 aromatic carbocycles. The summed E-state index contributed by atoms with van der Waals surface area (Å²) in [5, 5.41) is 18.9. The lowest BCUT2D eigenvalue weighted by atomic mass is 10.2. The summed E-state index contributed by atoms with van der Waals surface area (Å²) in [4.78, 5) is 13.8. The van der Waals surface area contributed by atoms with Gasteiger partial charge in [0, 0.05) is 37.9 Å². The molecule has 0 saturated heterocycles. The number of hydrogen-bond donors (Lipinski definition) is 2. The topological polar surface area (TPSA) is 65.7 Å². The predicted octanol–water partition coefficient (Wildman–Crippen LogP) is 1.73. The first-order chi connectivity index (χ1) is 11.1. The SMILES string of the molecule is C=CCn1cc(O)c(=O)cc1CN(CCO)Cc1ccccc1. The molecule has 5 nitrogen and oxygen atoms in total. The minimum atomic E-state index is -0.399. The first-order valence-corrected chi connectivity index (χ1v) is 7.54. The van der Waals surface area contributed by atoms with E-state index in [0.717, 1.165) is 11.3 Å². The summed E-state index contributed by atoms with van der Waals surface area (Å²) in [5.41, 5.74) is 1.51. The molecule has 2 N–H and O–H groups in total. The van der Waals surface area contributed by atoms with Crippen molar-refractivity contribution in [3.63, 3.8) is 0 Å². The summed E-state index contributed by atoms with van der Waals surface area (Å²) in [5.74, 6) is -0.271. The molecule has 0 fully saturated rings. The fourth-order valence-corrected chi connectivity index (χ4v) is 2.47. The Morgan fingerprint density at radius 2 is 1.96 bits per heavy atom. The van der Waals surface area contributed by atoms with E-state index in [1.54, 1.807) is 10.6 Å². The van der Waals surface area contributed by atoms with Gasteiger partial charge in [-0.2, -0.15) is 0 Å². The largest absolute Gasteiger partial charge is 0.503 e. The summed E-state index contributed by atoms with van der Waals surface area (Å²) in [7, 11) is 0. The van der Waals surface area contributed by atoms with Gasteiger partial charge in [-0.15, -0.1) is 6.58 Å². The molecule has 122 valence electrons. The second-order valence-electron chi connectivity index (χ2n) is 5.38. The second-order valence-corrected chi connectivity index (χ2v) is 5.38. The van der Waals surface area contributed by atoms with Gasteiger partial charge in [-0.1, -0.05) is 36.4 Å². The molecular formula is C18H22N2O3. The van der Waals surface area contributed by atoms with Crippen molar-refractivity contribution in [2.24, 2.45) is 0 Å². The highest BCUT2D eigenvalue weighted by Crippen LogP contribution is 2.11. The molecule has 0 bridgehead atoms. The molecule has 0 atom stereocenters. The van der Waals surface area contributed by atoms with Crippen molar-refractivity contribution in [3.8, 4) is 5.75 Å². The van der Waals surface area contributed by atoms with Crippen LogP contribution in [0.15, 0.2) is 60.0 Å². The maximum Gasteiger partial charge on any atom is 0.223 e. The predicted molar refractivity (Wildman–Crippen MR) is 90.2 cm³/mol. The Balaban J connectivity index is 2.23. The summed E-state index contributed by atoms with van der Waals surface area (Å²) in [6.45, 7) is 5.91. The number of aliphatic hydroxyl groups is 1. The van der Waals surface area contributed by atoms with E-state index in [1.807, 2.05) is 30.3 Å². The van der Waals surface area contributed by atoms with Crippen molar-refractivity contribution >= 4 is 0 Å². The standard InChI is InChI=1S/C18H22N2O3/c1-2-8-20-14-18(23)17(22)11-16(20)13-19(9-10-21)12-15-6-4-3-5-7-15/h2-7,11,14,21,23H,1,8-10,12-13H2. The van der Waals surface area contributed by atoms with Crippen molar-refractivity contribution in [2.45, 2.75) is 19.6 Å². The van der Waals surface area contributed by atoms with Crippen LogP contribution in [-0.4, -0.2) is 32.8 Å². The van der Waals surface area contributed by atoms with Gasteiger partial charge in [0.05, 0.1) is 12.8 Å². The fourth-order valence-electron chi connectivity index (χ4n) is 2.47. The van der Waals surface area contributed by atoms with Crippen molar-refractivity contribution < 1.29 is 10.2 Å². The number of pyridine rings is 1. The van der Waals surface area contributed by atoms with E-state index in [-0.39, 0.29) is 12.4 Å². The quantitative estimate of drug-likeness (QED) is 0.728. The molecule has 2 aromatic rings. The molecule has 1 aromatic heterocycles. The first kappa shape index (κ1) is 17.0. The Bertz CT molecular complexity index is 695. The van der Waals surface area contributed by atoms with Crippen molar-refractivity contribution in [2.75, 3.05) is 13.2 Å². The molecule has 0 radical (unpaired) electrons. The van der Waals surface area contributed by atoms with Crippen LogP contribution in [-0.2, 0) is 19.6 Å². The number of allylic oxidation sites excluding steroid dienone is 1. The molecule has 0 saturated carbocycles. The Labute approximate surface area is 135 Å². The van der Waals surface area contributed by atoms with Crippen LogP contribution in [0.4, 0.5) is 0 Å². The number of benzene rings is 1. The van der Waals surface area contributed by atoms with Crippen molar-refractivity contribution in [3.05, 3.63) is 76.7 Å². The van der Waals surface area contributed by atoms with Crippen LogP contribution in [0, 0.1) is 0 Å². The molecule has 0 aliphatic rings. The third-order valence-electron chi connectivity index (χ3n) is 3.57. The molecule has 0 amide bonds. The van der Waals surface area contributed by atoms with E-state index in [9.17, 15) is 15.0 Å². The molecule has 0 unspecified atom stereocenters. The molecule has 5 heteroatoms. The smallest absolute Gasteiger partial charge is 0.223 e. The second kappa shape index (κ2) is 8.31. The summed E-state index contributed by atoms with van der Waals surface area (Å²) in [6.07, 6.45) is 3.14. The molecule has 23 heavy (non-hydrogen) atoms. The van der Waals surface area contributed by atoms with Gasteiger partial charge in [0.25, 0.3) is 0 Å². The van der Waals surface area contributed by atoms with Gasteiger partial charge < -0.3 is 14.8 Å². The number of aromatic nitrogens is 1. The highest BCUT2D eigenvalue weighted by atomic mass is 16.3. The summed E-state index contributed by atoms with van der Waals surface area (Å²) in [6, 6.07) is 11.4. The van der Waals surface area contributed by atoms with Crippen LogP contribution < -0.4 is 5.43 Å². The van der Waals surface area contributed by atoms with E-state index in [2.05, 4.69) is 11.5 Å². The molecule has 2 rings (SSSR count). The molecule has 0 aliphatic heterocycles. The Morgan fingerprint density at radius 3 is 2.61 bits per heavy atom. The third kappa shape index (κ3) is 4.81. The van der Waals surface area contributed by atoms with E-state index in [1.165, 1.54) is 12.3 Å².